The number of amides is 1. The molecule has 0 radical (unpaired) electrons. The van der Waals surface area contributed by atoms with Crippen LogP contribution in [0.1, 0.15) is 17.6 Å². The number of aliphatic hydroxyl groups is 1. The molecule has 1 atom stereocenters. The van der Waals surface area contributed by atoms with Gasteiger partial charge in [0.15, 0.2) is 6.10 Å². The lowest BCUT2D eigenvalue weighted by Gasteiger charge is -2.19. The van der Waals surface area contributed by atoms with Crippen molar-refractivity contribution in [2.24, 2.45) is 0 Å². The number of pyridine rings is 1. The van der Waals surface area contributed by atoms with Gasteiger partial charge in [-0.1, -0.05) is 28.9 Å². The zero-order valence-corrected chi connectivity index (χ0v) is 14.1. The molecule has 3 aromatic rings. The molecule has 0 spiro atoms. The molecule has 0 saturated heterocycles. The van der Waals surface area contributed by atoms with Crippen LogP contribution in [0.4, 0.5) is 0 Å². The van der Waals surface area contributed by atoms with Gasteiger partial charge in [0.05, 0.1) is 6.54 Å². The summed E-state index contributed by atoms with van der Waals surface area (Å²) in [5.41, 5.74) is 1.19. The summed E-state index contributed by atoms with van der Waals surface area (Å²) in [6.45, 7) is 0.0779. The molecule has 0 fully saturated rings. The van der Waals surface area contributed by atoms with Crippen molar-refractivity contribution in [3.63, 3.8) is 0 Å². The normalized spacial score (nSPS) is 12.0. The fourth-order valence-electron chi connectivity index (χ4n) is 2.25. The van der Waals surface area contributed by atoms with E-state index in [1.165, 1.54) is 4.90 Å². The summed E-state index contributed by atoms with van der Waals surface area (Å²) in [6, 6.07) is 10.0. The van der Waals surface area contributed by atoms with Gasteiger partial charge >= 0.3 is 0 Å². The lowest BCUT2D eigenvalue weighted by Crippen LogP contribution is -2.31. The number of carbonyl (C=O) groups excluding carboxylic acids is 1. The zero-order chi connectivity index (χ0) is 17.8. The van der Waals surface area contributed by atoms with E-state index in [4.69, 9.17) is 16.1 Å². The van der Waals surface area contributed by atoms with Gasteiger partial charge in [-0.05, 0) is 29.8 Å². The molecule has 7 nitrogen and oxygen atoms in total. The fraction of sp³-hybridized carbons (Fsp3) is 0.176. The van der Waals surface area contributed by atoms with Crippen LogP contribution in [0, 0.1) is 0 Å². The van der Waals surface area contributed by atoms with Crippen LogP contribution in [-0.2, 0) is 11.3 Å². The highest BCUT2D eigenvalue weighted by atomic mass is 35.5. The summed E-state index contributed by atoms with van der Waals surface area (Å²) in [6.07, 6.45) is 1.94. The molecular weight excluding hydrogens is 344 g/mol. The number of halogens is 1. The van der Waals surface area contributed by atoms with Crippen molar-refractivity contribution in [1.82, 2.24) is 20.0 Å². The molecule has 3 rings (SSSR count). The first-order valence-electron chi connectivity index (χ1n) is 7.46. The third kappa shape index (κ3) is 4.01. The lowest BCUT2D eigenvalue weighted by molar-refractivity contribution is -0.140. The molecule has 2 aromatic heterocycles. The summed E-state index contributed by atoms with van der Waals surface area (Å²) >= 11 is 5.89. The first-order valence-corrected chi connectivity index (χ1v) is 7.84. The average molecular weight is 359 g/mol. The quantitative estimate of drug-likeness (QED) is 0.753. The molecule has 1 aromatic carbocycles. The minimum absolute atomic E-state index is 0.0779. The number of aliphatic hydroxyl groups excluding tert-OH is 1. The van der Waals surface area contributed by atoms with E-state index in [-0.39, 0.29) is 12.4 Å². The Morgan fingerprint density at radius 3 is 2.80 bits per heavy atom. The minimum atomic E-state index is -1.31. The maximum atomic E-state index is 12.4. The topological polar surface area (TPSA) is 92.4 Å². The standard InChI is InChI=1S/C17H15ClN4O3/c1-22(17(24)15(23)12-3-2-4-13(18)9-12)10-14-20-16(21-25-14)11-5-7-19-8-6-11/h2-9,15,23H,10H2,1H3. The SMILES string of the molecule is CN(Cc1nc(-c2ccncc2)no1)C(=O)C(O)c1cccc(Cl)c1. The summed E-state index contributed by atoms with van der Waals surface area (Å²) in [4.78, 5) is 21.9. The van der Waals surface area contributed by atoms with Gasteiger partial charge in [0.2, 0.25) is 11.7 Å². The number of benzene rings is 1. The zero-order valence-electron chi connectivity index (χ0n) is 13.3. The molecule has 1 N–H and O–H groups in total. The number of nitrogens with zero attached hydrogens (tertiary/aromatic N) is 4. The highest BCUT2D eigenvalue weighted by Crippen LogP contribution is 2.20. The maximum Gasteiger partial charge on any atom is 0.256 e. The van der Waals surface area contributed by atoms with E-state index in [2.05, 4.69) is 15.1 Å². The van der Waals surface area contributed by atoms with Crippen molar-refractivity contribution < 1.29 is 14.4 Å². The van der Waals surface area contributed by atoms with Crippen molar-refractivity contribution in [3.8, 4) is 11.4 Å². The van der Waals surface area contributed by atoms with Crippen LogP contribution in [0.5, 0.6) is 0 Å². The van der Waals surface area contributed by atoms with Gasteiger partial charge in [0, 0.05) is 30.0 Å². The highest BCUT2D eigenvalue weighted by Gasteiger charge is 2.23. The summed E-state index contributed by atoms with van der Waals surface area (Å²) in [7, 11) is 1.55. The lowest BCUT2D eigenvalue weighted by atomic mass is 10.1. The van der Waals surface area contributed by atoms with E-state index < -0.39 is 12.0 Å². The van der Waals surface area contributed by atoms with E-state index in [0.29, 0.717) is 16.4 Å². The third-order valence-corrected chi connectivity index (χ3v) is 3.79. The van der Waals surface area contributed by atoms with Crippen molar-refractivity contribution in [3.05, 3.63) is 65.3 Å². The molecule has 0 aliphatic heterocycles. The molecule has 0 saturated carbocycles. The Labute approximate surface area is 148 Å². The van der Waals surface area contributed by atoms with Crippen molar-refractivity contribution >= 4 is 17.5 Å². The molecule has 25 heavy (non-hydrogen) atoms. The summed E-state index contributed by atoms with van der Waals surface area (Å²) in [5.74, 6) is 0.181. The van der Waals surface area contributed by atoms with E-state index >= 15 is 0 Å². The van der Waals surface area contributed by atoms with Gasteiger partial charge < -0.3 is 14.5 Å². The first kappa shape index (κ1) is 17.1. The molecule has 8 heteroatoms. The van der Waals surface area contributed by atoms with E-state index in [1.54, 1.807) is 55.8 Å². The van der Waals surface area contributed by atoms with E-state index in [0.717, 1.165) is 5.56 Å². The average Bonchev–Trinajstić information content (AvgIpc) is 3.09. The van der Waals surface area contributed by atoms with E-state index in [1.807, 2.05) is 0 Å². The van der Waals surface area contributed by atoms with E-state index in [9.17, 15) is 9.90 Å². The van der Waals surface area contributed by atoms with Crippen LogP contribution in [0.25, 0.3) is 11.4 Å². The number of likely N-dealkylation sites (N-methyl/N-ethyl adjacent to an activating group) is 1. The second-order valence-electron chi connectivity index (χ2n) is 5.40. The smallest absolute Gasteiger partial charge is 0.256 e. The van der Waals surface area contributed by atoms with Crippen molar-refractivity contribution in [2.75, 3.05) is 7.05 Å². The van der Waals surface area contributed by atoms with Gasteiger partial charge in [-0.3, -0.25) is 9.78 Å². The van der Waals surface area contributed by atoms with Gasteiger partial charge in [0.25, 0.3) is 5.91 Å². The Hall–Kier alpha value is -2.77. The van der Waals surface area contributed by atoms with Crippen LogP contribution in [-0.4, -0.2) is 38.1 Å². The molecule has 0 aliphatic carbocycles. The molecular formula is C17H15ClN4O3. The number of aromatic nitrogens is 3. The third-order valence-electron chi connectivity index (χ3n) is 3.55. The van der Waals surface area contributed by atoms with Crippen molar-refractivity contribution in [2.45, 2.75) is 12.6 Å². The number of hydrogen-bond acceptors (Lipinski definition) is 6. The number of rotatable bonds is 5. The van der Waals surface area contributed by atoms with Gasteiger partial charge in [-0.2, -0.15) is 4.98 Å². The Bertz CT molecular complexity index is 869. The molecule has 1 unspecified atom stereocenters. The predicted octanol–water partition coefficient (Wildman–Crippen LogP) is 2.48. The van der Waals surface area contributed by atoms with Gasteiger partial charge in [-0.15, -0.1) is 0 Å². The second kappa shape index (κ2) is 7.42. The van der Waals surface area contributed by atoms with Crippen molar-refractivity contribution in [1.29, 1.82) is 0 Å². The Morgan fingerprint density at radius 1 is 1.32 bits per heavy atom. The Morgan fingerprint density at radius 2 is 2.08 bits per heavy atom. The highest BCUT2D eigenvalue weighted by molar-refractivity contribution is 6.30. The fourth-order valence-corrected chi connectivity index (χ4v) is 2.44. The Kier molecular flexibility index (Phi) is 5.06. The Balaban J connectivity index is 1.68. The van der Waals surface area contributed by atoms with Crippen LogP contribution >= 0.6 is 11.6 Å². The second-order valence-corrected chi connectivity index (χ2v) is 5.84. The molecule has 0 aliphatic rings. The monoisotopic (exact) mass is 358 g/mol. The van der Waals surface area contributed by atoms with Crippen LogP contribution < -0.4 is 0 Å². The first-order chi connectivity index (χ1) is 12.0. The molecule has 0 bridgehead atoms. The summed E-state index contributed by atoms with van der Waals surface area (Å²) < 4.78 is 5.17. The predicted molar refractivity (Wildman–Crippen MR) is 90.4 cm³/mol. The number of carbonyl (C=O) groups is 1. The van der Waals surface area contributed by atoms with Gasteiger partial charge in [0.1, 0.15) is 0 Å². The largest absolute Gasteiger partial charge is 0.378 e. The van der Waals surface area contributed by atoms with Crippen LogP contribution in [0.2, 0.25) is 5.02 Å². The van der Waals surface area contributed by atoms with Crippen LogP contribution in [0.15, 0.2) is 53.3 Å². The summed E-state index contributed by atoms with van der Waals surface area (Å²) in [5, 5.41) is 14.6. The minimum Gasteiger partial charge on any atom is -0.378 e. The number of hydrogen-bond donors (Lipinski definition) is 1. The molecule has 1 amide bonds. The maximum absolute atomic E-state index is 12.4. The van der Waals surface area contributed by atoms with Crippen LogP contribution in [0.3, 0.4) is 0 Å². The molecule has 2 heterocycles. The van der Waals surface area contributed by atoms with Gasteiger partial charge in [-0.25, -0.2) is 0 Å². The molecule has 128 valence electrons.